The number of nitrogens with zero attached hydrogens (tertiary/aromatic N) is 2. The van der Waals surface area contributed by atoms with Crippen molar-refractivity contribution in [2.24, 2.45) is 0 Å². The van der Waals surface area contributed by atoms with Crippen LogP contribution in [0.2, 0.25) is 0 Å². The molecular formula is C27H24N2O4. The van der Waals surface area contributed by atoms with Crippen molar-refractivity contribution in [2.75, 3.05) is 13.7 Å². The number of imidazole rings is 1. The molecule has 4 aromatic rings. The largest absolute Gasteiger partial charge is 0.497 e. The second kappa shape index (κ2) is 8.56. The quantitative estimate of drug-likeness (QED) is 0.437. The third-order valence-electron chi connectivity index (χ3n) is 6.09. The lowest BCUT2D eigenvalue weighted by Crippen LogP contribution is -2.32. The number of hydrogen-bond acceptors (Lipinski definition) is 4. The molecule has 1 aliphatic carbocycles. The predicted octanol–water partition coefficient (Wildman–Crippen LogP) is 4.51. The maximum absolute atomic E-state index is 11.0. The molecule has 3 aromatic carbocycles. The molecule has 0 saturated carbocycles. The van der Waals surface area contributed by atoms with Crippen LogP contribution in [0, 0.1) is 0 Å². The van der Waals surface area contributed by atoms with Crippen molar-refractivity contribution < 1.29 is 19.4 Å². The van der Waals surface area contributed by atoms with E-state index in [4.69, 9.17) is 14.6 Å². The molecule has 1 aliphatic rings. The van der Waals surface area contributed by atoms with Crippen LogP contribution in [-0.4, -0.2) is 34.3 Å². The number of aromatic nitrogens is 2. The minimum Gasteiger partial charge on any atom is -0.497 e. The van der Waals surface area contributed by atoms with E-state index in [9.17, 15) is 4.79 Å². The normalized spacial score (nSPS) is 13.4. The molecule has 0 spiro atoms. The van der Waals surface area contributed by atoms with Gasteiger partial charge in [0, 0.05) is 23.9 Å². The maximum Gasteiger partial charge on any atom is 0.309 e. The van der Waals surface area contributed by atoms with Crippen molar-refractivity contribution in [3.8, 4) is 16.9 Å². The first kappa shape index (κ1) is 21.0. The van der Waals surface area contributed by atoms with Crippen LogP contribution in [0.5, 0.6) is 5.75 Å². The fourth-order valence-corrected chi connectivity index (χ4v) is 4.65. The highest BCUT2D eigenvalue weighted by atomic mass is 16.5. The zero-order chi connectivity index (χ0) is 22.8. The van der Waals surface area contributed by atoms with Gasteiger partial charge in [-0.05, 0) is 28.8 Å². The Kier molecular flexibility index (Phi) is 5.44. The Bertz CT molecular complexity index is 1250. The van der Waals surface area contributed by atoms with Crippen molar-refractivity contribution in [3.63, 3.8) is 0 Å². The first-order valence-corrected chi connectivity index (χ1v) is 10.8. The van der Waals surface area contributed by atoms with E-state index < -0.39 is 11.6 Å². The molecule has 33 heavy (non-hydrogen) atoms. The van der Waals surface area contributed by atoms with Gasteiger partial charge in [0.15, 0.2) is 0 Å². The summed E-state index contributed by atoms with van der Waals surface area (Å²) in [4.78, 5) is 15.1. The summed E-state index contributed by atoms with van der Waals surface area (Å²) in [7, 11) is 1.66. The highest BCUT2D eigenvalue weighted by Crippen LogP contribution is 2.53. The number of methoxy groups -OCH3 is 1. The molecule has 166 valence electrons. The molecule has 1 heterocycles. The van der Waals surface area contributed by atoms with E-state index >= 15 is 0 Å². The SMILES string of the molecule is COc1ccc(C2(OCCn3cnc(CC(=O)O)c3)c3ccccc3-c3ccccc32)cc1. The van der Waals surface area contributed by atoms with Crippen LogP contribution in [-0.2, 0) is 28.1 Å². The number of hydrogen-bond donors (Lipinski definition) is 1. The van der Waals surface area contributed by atoms with Gasteiger partial charge in [0.25, 0.3) is 0 Å². The second-order valence-corrected chi connectivity index (χ2v) is 8.02. The van der Waals surface area contributed by atoms with Crippen LogP contribution in [0.25, 0.3) is 11.1 Å². The van der Waals surface area contributed by atoms with Gasteiger partial charge in [0.1, 0.15) is 11.4 Å². The summed E-state index contributed by atoms with van der Waals surface area (Å²) in [5.41, 5.74) is 5.33. The summed E-state index contributed by atoms with van der Waals surface area (Å²) in [6.07, 6.45) is 3.32. The van der Waals surface area contributed by atoms with Gasteiger partial charge in [-0.15, -0.1) is 0 Å². The Labute approximate surface area is 192 Å². The minimum absolute atomic E-state index is 0.0929. The summed E-state index contributed by atoms with van der Waals surface area (Å²) >= 11 is 0. The number of ether oxygens (including phenoxy) is 2. The Morgan fingerprint density at radius 2 is 1.61 bits per heavy atom. The van der Waals surface area contributed by atoms with Gasteiger partial charge >= 0.3 is 5.97 Å². The predicted molar refractivity (Wildman–Crippen MR) is 124 cm³/mol. The number of carboxylic acids is 1. The zero-order valence-corrected chi connectivity index (χ0v) is 18.3. The average molecular weight is 440 g/mol. The highest BCUT2D eigenvalue weighted by Gasteiger charge is 2.45. The minimum atomic E-state index is -0.894. The lowest BCUT2D eigenvalue weighted by Gasteiger charge is -2.33. The van der Waals surface area contributed by atoms with Crippen molar-refractivity contribution >= 4 is 5.97 Å². The third kappa shape index (κ3) is 3.68. The lowest BCUT2D eigenvalue weighted by atomic mass is 9.84. The number of fused-ring (bicyclic) bond motifs is 3. The van der Waals surface area contributed by atoms with Crippen LogP contribution in [0.1, 0.15) is 22.4 Å². The summed E-state index contributed by atoms with van der Waals surface area (Å²) in [6, 6.07) is 24.7. The monoisotopic (exact) mass is 440 g/mol. The number of carbonyl (C=O) groups is 1. The summed E-state index contributed by atoms with van der Waals surface area (Å²) < 4.78 is 14.0. The molecule has 0 atom stereocenters. The van der Waals surface area contributed by atoms with Crippen LogP contribution in [0.3, 0.4) is 0 Å². The molecule has 1 aromatic heterocycles. The van der Waals surface area contributed by atoms with Gasteiger partial charge in [-0.25, -0.2) is 4.98 Å². The summed E-state index contributed by atoms with van der Waals surface area (Å²) in [5, 5.41) is 9.00. The van der Waals surface area contributed by atoms with E-state index in [0.717, 1.165) is 33.6 Å². The van der Waals surface area contributed by atoms with Crippen molar-refractivity contribution in [1.82, 2.24) is 9.55 Å². The van der Waals surface area contributed by atoms with E-state index in [1.54, 1.807) is 19.6 Å². The molecule has 0 amide bonds. The van der Waals surface area contributed by atoms with E-state index in [0.29, 0.717) is 18.8 Å². The van der Waals surface area contributed by atoms with E-state index in [1.807, 2.05) is 28.8 Å². The molecule has 6 heteroatoms. The highest BCUT2D eigenvalue weighted by molar-refractivity contribution is 5.82. The average Bonchev–Trinajstić information content (AvgIpc) is 3.40. The second-order valence-electron chi connectivity index (χ2n) is 8.02. The van der Waals surface area contributed by atoms with Crippen LogP contribution >= 0.6 is 0 Å². The Morgan fingerprint density at radius 1 is 0.970 bits per heavy atom. The van der Waals surface area contributed by atoms with Gasteiger partial charge in [0.05, 0.1) is 32.2 Å². The zero-order valence-electron chi connectivity index (χ0n) is 18.3. The van der Waals surface area contributed by atoms with Crippen molar-refractivity contribution in [2.45, 2.75) is 18.6 Å². The number of aliphatic carboxylic acids is 1. The molecule has 0 aliphatic heterocycles. The van der Waals surface area contributed by atoms with Crippen LogP contribution < -0.4 is 4.74 Å². The first-order valence-electron chi connectivity index (χ1n) is 10.8. The molecule has 5 rings (SSSR count). The number of carboxylic acid groups (broad SMARTS) is 1. The Hall–Kier alpha value is -3.90. The van der Waals surface area contributed by atoms with Crippen molar-refractivity contribution in [1.29, 1.82) is 0 Å². The Morgan fingerprint density at radius 3 is 2.21 bits per heavy atom. The molecular weight excluding hydrogens is 416 g/mol. The lowest BCUT2D eigenvalue weighted by molar-refractivity contribution is -0.136. The van der Waals surface area contributed by atoms with Gasteiger partial charge in [-0.2, -0.15) is 0 Å². The number of benzene rings is 3. The van der Waals surface area contributed by atoms with Gasteiger partial charge in [-0.1, -0.05) is 60.7 Å². The molecule has 0 saturated heterocycles. The maximum atomic E-state index is 11.0. The molecule has 1 N–H and O–H groups in total. The summed E-state index contributed by atoms with van der Waals surface area (Å²) in [5.74, 6) is -0.105. The third-order valence-corrected chi connectivity index (χ3v) is 6.09. The van der Waals surface area contributed by atoms with Crippen LogP contribution in [0.15, 0.2) is 85.3 Å². The molecule has 0 fully saturated rings. The van der Waals surface area contributed by atoms with E-state index in [1.165, 1.54) is 0 Å². The molecule has 6 nitrogen and oxygen atoms in total. The van der Waals surface area contributed by atoms with Crippen LogP contribution in [0.4, 0.5) is 0 Å². The molecule has 0 radical (unpaired) electrons. The fraction of sp³-hybridized carbons (Fsp3) is 0.185. The fourth-order valence-electron chi connectivity index (χ4n) is 4.65. The molecule has 0 unspecified atom stereocenters. The molecule has 0 bridgehead atoms. The van der Waals surface area contributed by atoms with Gasteiger partial charge in [-0.3, -0.25) is 4.79 Å². The van der Waals surface area contributed by atoms with Gasteiger partial charge in [0.2, 0.25) is 0 Å². The Balaban J connectivity index is 1.53. The van der Waals surface area contributed by atoms with Gasteiger partial charge < -0.3 is 19.1 Å². The van der Waals surface area contributed by atoms with E-state index in [-0.39, 0.29) is 6.42 Å². The standard InChI is InChI=1S/C27H24N2O4/c1-32-21-12-10-19(11-13-21)27(33-15-14-29-17-20(28-18-29)16-26(30)31)24-8-4-2-6-22(24)23-7-3-5-9-25(23)27/h2-13,17-18H,14-16H2,1H3,(H,30,31). The van der Waals surface area contributed by atoms with E-state index in [2.05, 4.69) is 53.5 Å². The topological polar surface area (TPSA) is 73.6 Å². The smallest absolute Gasteiger partial charge is 0.309 e. The summed E-state index contributed by atoms with van der Waals surface area (Å²) in [6.45, 7) is 0.965. The number of rotatable bonds is 8. The first-order chi connectivity index (χ1) is 16.1. The van der Waals surface area contributed by atoms with Crippen molar-refractivity contribution in [3.05, 3.63) is 108 Å².